The van der Waals surface area contributed by atoms with Gasteiger partial charge in [0, 0.05) is 19.8 Å². The standard InChI is InChI=1S/C14H23N3O3S.ClH/c1-9(2)13(15)14(18)16-11-7-6-10(3)12(8-11)21(19,20)17(4)5;/h6-9,13H,15H2,1-5H3,(H,16,18);1H. The van der Waals surface area contributed by atoms with Gasteiger partial charge in [-0.1, -0.05) is 19.9 Å². The van der Waals surface area contributed by atoms with Gasteiger partial charge in [-0.2, -0.15) is 0 Å². The summed E-state index contributed by atoms with van der Waals surface area (Å²) < 4.78 is 25.6. The molecule has 0 fully saturated rings. The number of nitrogens with zero attached hydrogens (tertiary/aromatic N) is 1. The lowest BCUT2D eigenvalue weighted by Gasteiger charge is -2.17. The molecule has 1 aromatic rings. The summed E-state index contributed by atoms with van der Waals surface area (Å²) in [6.07, 6.45) is 0. The summed E-state index contributed by atoms with van der Waals surface area (Å²) in [5, 5.41) is 2.65. The molecule has 126 valence electrons. The van der Waals surface area contributed by atoms with Crippen LogP contribution in [0.2, 0.25) is 0 Å². The van der Waals surface area contributed by atoms with E-state index < -0.39 is 16.1 Å². The molecule has 22 heavy (non-hydrogen) atoms. The SMILES string of the molecule is Cc1ccc(NC(=O)C(N)C(C)C)cc1S(=O)(=O)N(C)C.Cl. The summed E-state index contributed by atoms with van der Waals surface area (Å²) >= 11 is 0. The maximum Gasteiger partial charge on any atom is 0.242 e. The Kier molecular flexibility index (Phi) is 7.50. The first kappa shape index (κ1) is 20.9. The lowest BCUT2D eigenvalue weighted by molar-refractivity contribution is -0.118. The average molecular weight is 350 g/mol. The lowest BCUT2D eigenvalue weighted by Crippen LogP contribution is -2.39. The van der Waals surface area contributed by atoms with Crippen molar-refractivity contribution in [2.24, 2.45) is 11.7 Å². The zero-order valence-corrected chi connectivity index (χ0v) is 15.1. The fraction of sp³-hybridized carbons (Fsp3) is 0.500. The van der Waals surface area contributed by atoms with Crippen molar-refractivity contribution in [2.45, 2.75) is 31.7 Å². The molecule has 1 rings (SSSR count). The molecule has 1 atom stereocenters. The Bertz CT molecular complexity index is 630. The predicted molar refractivity (Wildman–Crippen MR) is 90.7 cm³/mol. The third kappa shape index (κ3) is 4.67. The zero-order chi connectivity index (χ0) is 16.4. The summed E-state index contributed by atoms with van der Waals surface area (Å²) in [6.45, 7) is 5.41. The monoisotopic (exact) mass is 349 g/mol. The van der Waals surface area contributed by atoms with E-state index in [4.69, 9.17) is 5.73 Å². The van der Waals surface area contributed by atoms with Gasteiger partial charge in [0.25, 0.3) is 0 Å². The summed E-state index contributed by atoms with van der Waals surface area (Å²) in [5.74, 6) is -0.331. The molecule has 3 N–H and O–H groups in total. The second-order valence-electron chi connectivity index (χ2n) is 5.53. The van der Waals surface area contributed by atoms with Crippen molar-refractivity contribution < 1.29 is 13.2 Å². The van der Waals surface area contributed by atoms with Gasteiger partial charge in [0.15, 0.2) is 0 Å². The fourth-order valence-corrected chi connectivity index (χ4v) is 2.83. The number of hydrogen-bond donors (Lipinski definition) is 2. The molecule has 0 bridgehead atoms. The molecule has 0 aliphatic heterocycles. The second kappa shape index (κ2) is 7.92. The van der Waals surface area contributed by atoms with Crippen LogP contribution in [0.3, 0.4) is 0 Å². The van der Waals surface area contributed by atoms with E-state index in [1.165, 1.54) is 20.2 Å². The number of halogens is 1. The molecule has 0 saturated carbocycles. The van der Waals surface area contributed by atoms with Gasteiger partial charge < -0.3 is 11.1 Å². The maximum atomic E-state index is 12.2. The number of benzene rings is 1. The van der Waals surface area contributed by atoms with Crippen LogP contribution in [-0.2, 0) is 14.8 Å². The first-order valence-corrected chi connectivity index (χ1v) is 8.11. The van der Waals surface area contributed by atoms with Crippen molar-refractivity contribution >= 4 is 34.0 Å². The van der Waals surface area contributed by atoms with Gasteiger partial charge in [-0.3, -0.25) is 4.79 Å². The largest absolute Gasteiger partial charge is 0.325 e. The highest BCUT2D eigenvalue weighted by molar-refractivity contribution is 7.89. The average Bonchev–Trinajstić information content (AvgIpc) is 2.39. The van der Waals surface area contributed by atoms with E-state index in [2.05, 4.69) is 5.32 Å². The van der Waals surface area contributed by atoms with Crippen LogP contribution >= 0.6 is 12.4 Å². The van der Waals surface area contributed by atoms with Crippen LogP contribution in [0.15, 0.2) is 23.1 Å². The molecule has 0 heterocycles. The Hall–Kier alpha value is -1.15. The number of rotatable bonds is 5. The summed E-state index contributed by atoms with van der Waals surface area (Å²) in [5.41, 5.74) is 6.81. The first-order valence-electron chi connectivity index (χ1n) is 6.67. The molecule has 0 spiro atoms. The van der Waals surface area contributed by atoms with Crippen LogP contribution < -0.4 is 11.1 Å². The van der Waals surface area contributed by atoms with Gasteiger partial charge in [0.2, 0.25) is 15.9 Å². The van der Waals surface area contributed by atoms with Crippen molar-refractivity contribution in [2.75, 3.05) is 19.4 Å². The van der Waals surface area contributed by atoms with Crippen LogP contribution in [0.5, 0.6) is 0 Å². The van der Waals surface area contributed by atoms with E-state index >= 15 is 0 Å². The maximum absolute atomic E-state index is 12.2. The van der Waals surface area contributed by atoms with E-state index in [1.807, 2.05) is 13.8 Å². The summed E-state index contributed by atoms with van der Waals surface area (Å²) in [7, 11) is -0.618. The van der Waals surface area contributed by atoms with Crippen molar-refractivity contribution in [1.29, 1.82) is 0 Å². The predicted octanol–water partition coefficient (Wildman–Crippen LogP) is 1.59. The highest BCUT2D eigenvalue weighted by Crippen LogP contribution is 2.22. The van der Waals surface area contributed by atoms with Crippen molar-refractivity contribution in [3.05, 3.63) is 23.8 Å². The van der Waals surface area contributed by atoms with Crippen LogP contribution in [0.1, 0.15) is 19.4 Å². The topological polar surface area (TPSA) is 92.5 Å². The highest BCUT2D eigenvalue weighted by Gasteiger charge is 2.22. The molecular weight excluding hydrogens is 326 g/mol. The van der Waals surface area contributed by atoms with Gasteiger partial charge in [0.1, 0.15) is 0 Å². The van der Waals surface area contributed by atoms with Crippen LogP contribution in [0.25, 0.3) is 0 Å². The Balaban J connectivity index is 0.00000441. The normalized spacial score (nSPS) is 12.9. The molecule has 0 radical (unpaired) electrons. The van der Waals surface area contributed by atoms with E-state index in [0.717, 1.165) is 4.31 Å². The van der Waals surface area contributed by atoms with E-state index in [1.54, 1.807) is 19.1 Å². The van der Waals surface area contributed by atoms with Crippen molar-refractivity contribution in [3.8, 4) is 0 Å². The van der Waals surface area contributed by atoms with Crippen molar-refractivity contribution in [1.82, 2.24) is 4.31 Å². The molecular formula is C14H24ClN3O3S. The summed E-state index contributed by atoms with van der Waals surface area (Å²) in [6, 6.07) is 4.14. The minimum absolute atomic E-state index is 0. The smallest absolute Gasteiger partial charge is 0.242 e. The second-order valence-corrected chi connectivity index (χ2v) is 7.65. The van der Waals surface area contributed by atoms with Gasteiger partial charge in [-0.15, -0.1) is 12.4 Å². The number of aryl methyl sites for hydroxylation is 1. The molecule has 0 aliphatic carbocycles. The number of hydrogen-bond acceptors (Lipinski definition) is 4. The number of carbonyl (C=O) groups is 1. The van der Waals surface area contributed by atoms with Crippen LogP contribution in [0.4, 0.5) is 5.69 Å². The molecule has 1 aromatic carbocycles. The fourth-order valence-electron chi connectivity index (χ4n) is 1.68. The molecule has 0 aromatic heterocycles. The highest BCUT2D eigenvalue weighted by atomic mass is 35.5. The molecule has 0 aliphatic rings. The molecule has 6 nitrogen and oxygen atoms in total. The third-order valence-electron chi connectivity index (χ3n) is 3.24. The molecule has 8 heteroatoms. The Morgan fingerprint density at radius 3 is 2.27 bits per heavy atom. The van der Waals surface area contributed by atoms with Gasteiger partial charge >= 0.3 is 0 Å². The third-order valence-corrected chi connectivity index (χ3v) is 5.19. The molecule has 0 saturated heterocycles. The minimum Gasteiger partial charge on any atom is -0.325 e. The van der Waals surface area contributed by atoms with E-state index in [0.29, 0.717) is 11.3 Å². The summed E-state index contributed by atoms with van der Waals surface area (Å²) in [4.78, 5) is 12.1. The van der Waals surface area contributed by atoms with Gasteiger partial charge in [-0.05, 0) is 30.5 Å². The Morgan fingerprint density at radius 2 is 1.82 bits per heavy atom. The van der Waals surface area contributed by atoms with Gasteiger partial charge in [0.05, 0.1) is 10.9 Å². The number of nitrogens with two attached hydrogens (primary N) is 1. The molecule has 1 amide bonds. The van der Waals surface area contributed by atoms with Gasteiger partial charge in [-0.25, -0.2) is 12.7 Å². The number of anilines is 1. The van der Waals surface area contributed by atoms with E-state index in [-0.39, 0.29) is 29.1 Å². The lowest BCUT2D eigenvalue weighted by atomic mass is 10.0. The van der Waals surface area contributed by atoms with Crippen LogP contribution in [0, 0.1) is 12.8 Å². The van der Waals surface area contributed by atoms with E-state index in [9.17, 15) is 13.2 Å². The molecule has 1 unspecified atom stereocenters. The Morgan fingerprint density at radius 1 is 1.27 bits per heavy atom. The number of amides is 1. The number of nitrogens with one attached hydrogen (secondary N) is 1. The quantitative estimate of drug-likeness (QED) is 0.844. The van der Waals surface area contributed by atoms with Crippen molar-refractivity contribution in [3.63, 3.8) is 0 Å². The first-order chi connectivity index (χ1) is 9.57. The Labute approximate surface area is 138 Å². The zero-order valence-electron chi connectivity index (χ0n) is 13.5. The van der Waals surface area contributed by atoms with Crippen LogP contribution in [-0.4, -0.2) is 38.8 Å². The number of sulfonamides is 1. The minimum atomic E-state index is -3.55. The number of carbonyl (C=O) groups excluding carboxylic acids is 1.